The minimum atomic E-state index is -0.309. The normalized spacial score (nSPS) is 12.5. The molecule has 0 rings (SSSR count). The quantitative estimate of drug-likeness (QED) is 0.349. The van der Waals surface area contributed by atoms with Gasteiger partial charge in [0.1, 0.15) is 0 Å². The molecule has 88 valence electrons. The first-order chi connectivity index (χ1) is 7.11. The van der Waals surface area contributed by atoms with E-state index in [1.165, 1.54) is 25.3 Å². The maximum Gasteiger partial charge on any atom is 0.330 e. The molecule has 0 aliphatic heterocycles. The summed E-state index contributed by atoms with van der Waals surface area (Å²) in [6.07, 6.45) is 6.10. The Labute approximate surface area is 93.7 Å². The minimum absolute atomic E-state index is 0.309. The highest BCUT2D eigenvalue weighted by molar-refractivity contribution is 5.81. The molecule has 0 heterocycles. The second-order valence-electron chi connectivity index (χ2n) is 4.33. The van der Waals surface area contributed by atoms with E-state index in [0.717, 1.165) is 6.42 Å². The van der Waals surface area contributed by atoms with Crippen molar-refractivity contribution in [2.24, 2.45) is 11.8 Å². The fourth-order valence-electron chi connectivity index (χ4n) is 1.51. The third kappa shape index (κ3) is 7.18. The minimum Gasteiger partial charge on any atom is -0.462 e. The molecule has 0 saturated heterocycles. The van der Waals surface area contributed by atoms with Gasteiger partial charge in [0.15, 0.2) is 0 Å². The summed E-state index contributed by atoms with van der Waals surface area (Å²) in [4.78, 5) is 10.9. The molecule has 1 atom stereocenters. The molecule has 0 aromatic carbocycles. The number of esters is 1. The zero-order chi connectivity index (χ0) is 11.7. The summed E-state index contributed by atoms with van der Waals surface area (Å²) in [6, 6.07) is 0. The van der Waals surface area contributed by atoms with Gasteiger partial charge in [0.2, 0.25) is 0 Å². The first-order valence-corrected chi connectivity index (χ1v) is 5.91. The Morgan fingerprint density at radius 3 is 2.53 bits per heavy atom. The fourth-order valence-corrected chi connectivity index (χ4v) is 1.51. The van der Waals surface area contributed by atoms with Crippen LogP contribution in [0.15, 0.2) is 12.7 Å². The summed E-state index contributed by atoms with van der Waals surface area (Å²) in [7, 11) is 0. The van der Waals surface area contributed by atoms with Crippen LogP contribution in [0.25, 0.3) is 0 Å². The number of carbonyl (C=O) groups excluding carboxylic acids is 1. The third-order valence-corrected chi connectivity index (χ3v) is 2.73. The molecule has 1 unspecified atom stereocenters. The van der Waals surface area contributed by atoms with Crippen LogP contribution >= 0.6 is 0 Å². The first-order valence-electron chi connectivity index (χ1n) is 5.91. The molecule has 0 saturated carbocycles. The Hall–Kier alpha value is -0.790. The molecule has 0 aromatic heterocycles. The monoisotopic (exact) mass is 212 g/mol. The lowest BCUT2D eigenvalue weighted by Crippen LogP contribution is -2.18. The molecule has 0 aliphatic carbocycles. The summed E-state index contributed by atoms with van der Waals surface area (Å²) < 4.78 is 5.09. The van der Waals surface area contributed by atoms with Crippen LogP contribution < -0.4 is 0 Å². The lowest BCUT2D eigenvalue weighted by molar-refractivity contribution is -0.139. The van der Waals surface area contributed by atoms with Gasteiger partial charge in [0.05, 0.1) is 6.61 Å². The number of unbranched alkanes of at least 4 members (excludes halogenated alkanes) is 2. The van der Waals surface area contributed by atoms with Gasteiger partial charge >= 0.3 is 5.97 Å². The van der Waals surface area contributed by atoms with Crippen molar-refractivity contribution in [2.75, 3.05) is 6.61 Å². The lowest BCUT2D eigenvalue weighted by Gasteiger charge is -2.20. The molecule has 15 heavy (non-hydrogen) atoms. The predicted octanol–water partition coefficient (Wildman–Crippen LogP) is 3.57. The summed E-state index contributed by atoms with van der Waals surface area (Å²) in [6.45, 7) is 10.5. The average Bonchev–Trinajstić information content (AvgIpc) is 2.22. The van der Waals surface area contributed by atoms with Crippen LogP contribution in [-0.2, 0) is 9.53 Å². The van der Waals surface area contributed by atoms with Crippen LogP contribution in [0.4, 0.5) is 0 Å². The molecule has 0 fully saturated rings. The van der Waals surface area contributed by atoms with Gasteiger partial charge in [-0.25, -0.2) is 4.79 Å². The highest BCUT2D eigenvalue weighted by Crippen LogP contribution is 2.19. The van der Waals surface area contributed by atoms with Crippen molar-refractivity contribution in [3.8, 4) is 0 Å². The second kappa shape index (κ2) is 8.51. The SMILES string of the molecule is C=CC(=O)OCC(CCCCC)C(C)C. The van der Waals surface area contributed by atoms with Crippen molar-refractivity contribution in [1.82, 2.24) is 0 Å². The van der Waals surface area contributed by atoms with Crippen molar-refractivity contribution < 1.29 is 9.53 Å². The molecule has 2 heteroatoms. The number of carbonyl (C=O) groups is 1. The highest BCUT2D eigenvalue weighted by Gasteiger charge is 2.14. The molecule has 0 aromatic rings. The average molecular weight is 212 g/mol. The first kappa shape index (κ1) is 14.2. The van der Waals surface area contributed by atoms with Crippen LogP contribution in [0.2, 0.25) is 0 Å². The Morgan fingerprint density at radius 2 is 2.07 bits per heavy atom. The molecule has 0 amide bonds. The molecule has 0 radical (unpaired) electrons. The second-order valence-corrected chi connectivity index (χ2v) is 4.33. The van der Waals surface area contributed by atoms with E-state index in [2.05, 4.69) is 27.4 Å². The zero-order valence-electron chi connectivity index (χ0n) is 10.3. The maximum absolute atomic E-state index is 10.9. The topological polar surface area (TPSA) is 26.3 Å². The van der Waals surface area contributed by atoms with Crippen LogP contribution in [-0.4, -0.2) is 12.6 Å². The van der Waals surface area contributed by atoms with Crippen molar-refractivity contribution in [3.05, 3.63) is 12.7 Å². The maximum atomic E-state index is 10.9. The van der Waals surface area contributed by atoms with Crippen LogP contribution in [0.5, 0.6) is 0 Å². The molecule has 0 N–H and O–H groups in total. The third-order valence-electron chi connectivity index (χ3n) is 2.73. The van der Waals surface area contributed by atoms with Gasteiger partial charge in [-0.1, -0.05) is 46.6 Å². The van der Waals surface area contributed by atoms with Gasteiger partial charge in [-0.2, -0.15) is 0 Å². The summed E-state index contributed by atoms with van der Waals surface area (Å²) in [5, 5.41) is 0. The van der Waals surface area contributed by atoms with E-state index in [-0.39, 0.29) is 5.97 Å². The van der Waals surface area contributed by atoms with E-state index in [1.54, 1.807) is 0 Å². The summed E-state index contributed by atoms with van der Waals surface area (Å²) in [5.41, 5.74) is 0. The Morgan fingerprint density at radius 1 is 1.40 bits per heavy atom. The van der Waals surface area contributed by atoms with Gasteiger partial charge in [0, 0.05) is 6.08 Å². The fraction of sp³-hybridized carbons (Fsp3) is 0.769. The number of rotatable bonds is 8. The molecule has 0 spiro atoms. The van der Waals surface area contributed by atoms with E-state index in [9.17, 15) is 4.79 Å². The summed E-state index contributed by atoms with van der Waals surface area (Å²) >= 11 is 0. The highest BCUT2D eigenvalue weighted by atomic mass is 16.5. The van der Waals surface area contributed by atoms with Crippen LogP contribution in [0.1, 0.15) is 46.5 Å². The Balaban J connectivity index is 3.82. The van der Waals surface area contributed by atoms with Crippen LogP contribution in [0.3, 0.4) is 0 Å². The molecular weight excluding hydrogens is 188 g/mol. The van der Waals surface area contributed by atoms with E-state index in [4.69, 9.17) is 4.74 Å². The largest absolute Gasteiger partial charge is 0.462 e. The molecular formula is C13H24O2. The van der Waals surface area contributed by atoms with E-state index in [0.29, 0.717) is 18.4 Å². The van der Waals surface area contributed by atoms with Gasteiger partial charge in [0.25, 0.3) is 0 Å². The van der Waals surface area contributed by atoms with Crippen molar-refractivity contribution in [2.45, 2.75) is 46.5 Å². The zero-order valence-corrected chi connectivity index (χ0v) is 10.3. The smallest absolute Gasteiger partial charge is 0.330 e. The number of hydrogen-bond donors (Lipinski definition) is 0. The van der Waals surface area contributed by atoms with Gasteiger partial charge in [-0.15, -0.1) is 0 Å². The Kier molecular flexibility index (Phi) is 8.06. The van der Waals surface area contributed by atoms with E-state index < -0.39 is 0 Å². The van der Waals surface area contributed by atoms with Gasteiger partial charge in [-0.05, 0) is 18.3 Å². The van der Waals surface area contributed by atoms with Gasteiger partial charge < -0.3 is 4.74 Å². The van der Waals surface area contributed by atoms with Crippen LogP contribution in [0, 0.1) is 11.8 Å². The van der Waals surface area contributed by atoms with Crippen molar-refractivity contribution >= 4 is 5.97 Å². The molecule has 2 nitrogen and oxygen atoms in total. The number of hydrogen-bond acceptors (Lipinski definition) is 2. The Bertz CT molecular complexity index is 185. The predicted molar refractivity (Wildman–Crippen MR) is 63.6 cm³/mol. The lowest BCUT2D eigenvalue weighted by atomic mass is 9.91. The number of ether oxygens (including phenoxy) is 1. The van der Waals surface area contributed by atoms with Crippen molar-refractivity contribution in [3.63, 3.8) is 0 Å². The van der Waals surface area contributed by atoms with Crippen molar-refractivity contribution in [1.29, 1.82) is 0 Å². The molecule has 0 aliphatic rings. The van der Waals surface area contributed by atoms with E-state index >= 15 is 0 Å². The molecule has 0 bridgehead atoms. The van der Waals surface area contributed by atoms with E-state index in [1.807, 2.05) is 0 Å². The van der Waals surface area contributed by atoms with Gasteiger partial charge in [-0.3, -0.25) is 0 Å². The summed E-state index contributed by atoms with van der Waals surface area (Å²) in [5.74, 6) is 0.746. The standard InChI is InChI=1S/C13H24O2/c1-5-7-8-9-12(11(3)4)10-15-13(14)6-2/h6,11-12H,2,5,7-10H2,1,3-4H3.